The summed E-state index contributed by atoms with van der Waals surface area (Å²) >= 11 is 6.79. The van der Waals surface area contributed by atoms with Crippen molar-refractivity contribution in [1.82, 2.24) is 9.36 Å². The second-order valence-corrected chi connectivity index (χ2v) is 3.07. The highest BCUT2D eigenvalue weighted by Crippen LogP contribution is 2.10. The topological polar surface area (TPSA) is 25.8 Å². The van der Waals surface area contributed by atoms with Crippen LogP contribution in [0.4, 0.5) is 0 Å². The minimum atomic E-state index is 0.513. The van der Waals surface area contributed by atoms with Crippen LogP contribution in [0.15, 0.2) is 12.2 Å². The van der Waals surface area contributed by atoms with Gasteiger partial charge < -0.3 is 0 Å². The molecule has 0 unspecified atom stereocenters. The van der Waals surface area contributed by atoms with Crippen molar-refractivity contribution in [2.45, 2.75) is 13.3 Å². The average Bonchev–Trinajstić information content (AvgIpc) is 2.31. The molecule has 1 heterocycles. The van der Waals surface area contributed by atoms with Crippen LogP contribution >= 0.6 is 23.1 Å². The first kappa shape index (κ1) is 7.69. The van der Waals surface area contributed by atoms with E-state index in [1.165, 1.54) is 11.5 Å². The van der Waals surface area contributed by atoms with Gasteiger partial charge in [-0.3, -0.25) is 0 Å². The molecule has 0 aliphatic rings. The Hall–Kier alpha value is -0.410. The summed E-state index contributed by atoms with van der Waals surface area (Å²) in [7, 11) is 0. The van der Waals surface area contributed by atoms with E-state index in [1.54, 1.807) is 0 Å². The standard InChI is InChI=1S/C6H7ClN2S/c1-2-3-4-5-8-6(7)10-9-5/h2-3H,4H2,1H3/b3-2+. The molecule has 0 N–H and O–H groups in total. The van der Waals surface area contributed by atoms with Crippen molar-refractivity contribution in [2.24, 2.45) is 0 Å². The fraction of sp³-hybridized carbons (Fsp3) is 0.333. The van der Waals surface area contributed by atoms with Gasteiger partial charge in [-0.25, -0.2) is 4.98 Å². The normalized spacial score (nSPS) is 11.0. The van der Waals surface area contributed by atoms with E-state index in [1.807, 2.05) is 19.1 Å². The number of rotatable bonds is 2. The third-order valence-corrected chi connectivity index (χ3v) is 1.81. The Morgan fingerprint density at radius 3 is 3.00 bits per heavy atom. The van der Waals surface area contributed by atoms with Gasteiger partial charge in [0.1, 0.15) is 5.82 Å². The van der Waals surface area contributed by atoms with E-state index in [0.29, 0.717) is 4.47 Å². The van der Waals surface area contributed by atoms with Gasteiger partial charge in [0.2, 0.25) is 4.47 Å². The Balaban J connectivity index is 2.58. The first-order valence-electron chi connectivity index (χ1n) is 2.92. The van der Waals surface area contributed by atoms with Gasteiger partial charge in [0.25, 0.3) is 0 Å². The van der Waals surface area contributed by atoms with Gasteiger partial charge in [-0.2, -0.15) is 4.37 Å². The molecule has 0 bridgehead atoms. The summed E-state index contributed by atoms with van der Waals surface area (Å²) in [4.78, 5) is 3.97. The van der Waals surface area contributed by atoms with Gasteiger partial charge >= 0.3 is 0 Å². The van der Waals surface area contributed by atoms with Crippen LogP contribution in [-0.4, -0.2) is 9.36 Å². The maximum absolute atomic E-state index is 5.56. The average molecular weight is 175 g/mol. The summed E-state index contributed by atoms with van der Waals surface area (Å²) in [5.74, 6) is 0.799. The van der Waals surface area contributed by atoms with Crippen molar-refractivity contribution >= 4 is 23.1 Å². The molecular formula is C6H7ClN2S. The minimum Gasteiger partial charge on any atom is -0.208 e. The zero-order valence-electron chi connectivity index (χ0n) is 5.54. The maximum Gasteiger partial charge on any atom is 0.203 e. The summed E-state index contributed by atoms with van der Waals surface area (Å²) in [6.07, 6.45) is 4.74. The number of nitrogens with zero attached hydrogens (tertiary/aromatic N) is 2. The Morgan fingerprint density at radius 1 is 1.70 bits per heavy atom. The van der Waals surface area contributed by atoms with Crippen LogP contribution in [0.5, 0.6) is 0 Å². The fourth-order valence-electron chi connectivity index (χ4n) is 0.539. The highest BCUT2D eigenvalue weighted by molar-refractivity contribution is 7.10. The van der Waals surface area contributed by atoms with Gasteiger partial charge in [-0.1, -0.05) is 12.2 Å². The number of halogens is 1. The van der Waals surface area contributed by atoms with Crippen LogP contribution in [-0.2, 0) is 6.42 Å². The number of aromatic nitrogens is 2. The summed E-state index contributed by atoms with van der Waals surface area (Å²) < 4.78 is 4.51. The smallest absolute Gasteiger partial charge is 0.203 e. The first-order valence-corrected chi connectivity index (χ1v) is 4.07. The van der Waals surface area contributed by atoms with Crippen molar-refractivity contribution < 1.29 is 0 Å². The maximum atomic E-state index is 5.56. The Labute approximate surface area is 68.7 Å². The fourth-order valence-corrected chi connectivity index (χ4v) is 1.18. The Morgan fingerprint density at radius 2 is 2.50 bits per heavy atom. The van der Waals surface area contributed by atoms with E-state index < -0.39 is 0 Å². The summed E-state index contributed by atoms with van der Waals surface area (Å²) in [5.41, 5.74) is 0. The summed E-state index contributed by atoms with van der Waals surface area (Å²) in [5, 5.41) is 0. The summed E-state index contributed by atoms with van der Waals surface area (Å²) in [6, 6.07) is 0. The molecule has 0 spiro atoms. The molecule has 0 aromatic carbocycles. The van der Waals surface area contributed by atoms with E-state index in [0.717, 1.165) is 12.2 Å². The van der Waals surface area contributed by atoms with Crippen molar-refractivity contribution in [3.63, 3.8) is 0 Å². The van der Waals surface area contributed by atoms with Crippen LogP contribution in [0.25, 0.3) is 0 Å². The number of hydrogen-bond acceptors (Lipinski definition) is 3. The molecule has 0 aliphatic heterocycles. The minimum absolute atomic E-state index is 0.513. The molecule has 0 atom stereocenters. The van der Waals surface area contributed by atoms with Gasteiger partial charge in [0.15, 0.2) is 0 Å². The molecule has 0 aliphatic carbocycles. The van der Waals surface area contributed by atoms with E-state index >= 15 is 0 Å². The molecule has 1 aromatic rings. The molecule has 0 amide bonds. The molecule has 1 aromatic heterocycles. The van der Waals surface area contributed by atoms with E-state index in [4.69, 9.17) is 11.6 Å². The molecule has 0 radical (unpaired) electrons. The van der Waals surface area contributed by atoms with Gasteiger partial charge in [0.05, 0.1) is 0 Å². The lowest BCUT2D eigenvalue weighted by Crippen LogP contribution is -1.81. The summed E-state index contributed by atoms with van der Waals surface area (Å²) in [6.45, 7) is 1.97. The molecule has 10 heavy (non-hydrogen) atoms. The van der Waals surface area contributed by atoms with Crippen LogP contribution in [0.3, 0.4) is 0 Å². The molecular weight excluding hydrogens is 168 g/mol. The van der Waals surface area contributed by atoms with E-state index in [-0.39, 0.29) is 0 Å². The second-order valence-electron chi connectivity index (χ2n) is 1.74. The first-order chi connectivity index (χ1) is 4.83. The van der Waals surface area contributed by atoms with Crippen molar-refractivity contribution in [3.8, 4) is 0 Å². The lowest BCUT2D eigenvalue weighted by molar-refractivity contribution is 1.07. The Bertz CT molecular complexity index is 231. The molecule has 0 saturated carbocycles. The molecule has 1 rings (SSSR count). The molecule has 0 saturated heterocycles. The highest BCUT2D eigenvalue weighted by atomic mass is 35.5. The number of allylic oxidation sites excluding steroid dienone is 2. The van der Waals surface area contributed by atoms with Gasteiger partial charge in [-0.15, -0.1) is 0 Å². The largest absolute Gasteiger partial charge is 0.208 e. The van der Waals surface area contributed by atoms with Gasteiger partial charge in [-0.05, 0) is 30.1 Å². The van der Waals surface area contributed by atoms with E-state index in [9.17, 15) is 0 Å². The van der Waals surface area contributed by atoms with Crippen LogP contribution in [0, 0.1) is 0 Å². The number of hydrogen-bond donors (Lipinski definition) is 0. The lowest BCUT2D eigenvalue weighted by atomic mass is 10.4. The van der Waals surface area contributed by atoms with Crippen molar-refractivity contribution in [3.05, 3.63) is 22.4 Å². The lowest BCUT2D eigenvalue weighted by Gasteiger charge is -1.80. The highest BCUT2D eigenvalue weighted by Gasteiger charge is 1.96. The Kier molecular flexibility index (Phi) is 2.83. The predicted molar refractivity (Wildman–Crippen MR) is 43.4 cm³/mol. The quantitative estimate of drug-likeness (QED) is 0.644. The van der Waals surface area contributed by atoms with Crippen molar-refractivity contribution in [1.29, 1.82) is 0 Å². The molecule has 0 fully saturated rings. The van der Waals surface area contributed by atoms with E-state index in [2.05, 4.69) is 9.36 Å². The molecule has 2 nitrogen and oxygen atoms in total. The third kappa shape index (κ3) is 2.08. The molecule has 54 valence electrons. The van der Waals surface area contributed by atoms with Gasteiger partial charge in [0, 0.05) is 6.42 Å². The third-order valence-electron chi connectivity index (χ3n) is 0.979. The van der Waals surface area contributed by atoms with Crippen LogP contribution in [0.1, 0.15) is 12.7 Å². The van der Waals surface area contributed by atoms with Crippen LogP contribution < -0.4 is 0 Å². The van der Waals surface area contributed by atoms with Crippen LogP contribution in [0.2, 0.25) is 4.47 Å². The zero-order chi connectivity index (χ0) is 7.40. The second kappa shape index (κ2) is 3.68. The zero-order valence-corrected chi connectivity index (χ0v) is 7.11. The molecule has 4 heteroatoms. The monoisotopic (exact) mass is 174 g/mol. The SMILES string of the molecule is C/C=C/Cc1nsc(Cl)n1. The predicted octanol–water partition coefficient (Wildman–Crippen LogP) is 2.31. The van der Waals surface area contributed by atoms with Crippen molar-refractivity contribution in [2.75, 3.05) is 0 Å².